The molecule has 0 unspecified atom stereocenters. The van der Waals surface area contributed by atoms with Crippen molar-refractivity contribution in [3.63, 3.8) is 0 Å². The Balaban J connectivity index is 2.18. The van der Waals surface area contributed by atoms with Gasteiger partial charge in [-0.2, -0.15) is 0 Å². The number of rotatable bonds is 6. The normalized spacial score (nSPS) is 10.5. The molecule has 2 N–H and O–H groups in total. The predicted molar refractivity (Wildman–Crippen MR) is 95.3 cm³/mol. The van der Waals surface area contributed by atoms with E-state index in [0.717, 1.165) is 17.7 Å². The second kappa shape index (κ2) is 8.24. The molecule has 0 aliphatic rings. The van der Waals surface area contributed by atoms with Crippen molar-refractivity contribution in [2.24, 2.45) is 0 Å². The lowest BCUT2D eigenvalue weighted by Gasteiger charge is -2.13. The van der Waals surface area contributed by atoms with Gasteiger partial charge in [-0.3, -0.25) is 14.6 Å². The summed E-state index contributed by atoms with van der Waals surface area (Å²) in [4.78, 5) is 28.5. The average molecular weight is 325 g/mol. The maximum absolute atomic E-state index is 12.5. The van der Waals surface area contributed by atoms with Gasteiger partial charge in [0.05, 0.1) is 11.1 Å². The minimum Gasteiger partial charge on any atom is -0.352 e. The van der Waals surface area contributed by atoms with Crippen molar-refractivity contribution in [1.29, 1.82) is 0 Å². The number of hydrogen-bond acceptors (Lipinski definition) is 3. The van der Waals surface area contributed by atoms with Crippen LogP contribution in [0, 0.1) is 0 Å². The molecule has 0 aliphatic carbocycles. The first-order chi connectivity index (χ1) is 11.5. The van der Waals surface area contributed by atoms with Crippen LogP contribution in [0.3, 0.4) is 0 Å². The van der Waals surface area contributed by atoms with Crippen LogP contribution in [0.15, 0.2) is 42.7 Å². The van der Waals surface area contributed by atoms with Crippen LogP contribution >= 0.6 is 0 Å². The number of hydrogen-bond donors (Lipinski definition) is 2. The van der Waals surface area contributed by atoms with E-state index in [0.29, 0.717) is 23.6 Å². The molecule has 2 rings (SSSR count). The number of amides is 2. The van der Waals surface area contributed by atoms with E-state index in [9.17, 15) is 9.59 Å². The fourth-order valence-electron chi connectivity index (χ4n) is 2.34. The highest BCUT2D eigenvalue weighted by atomic mass is 16.2. The molecule has 2 amide bonds. The highest BCUT2D eigenvalue weighted by Crippen LogP contribution is 2.24. The van der Waals surface area contributed by atoms with Crippen LogP contribution < -0.4 is 10.6 Å². The number of carbonyl (C=O) groups excluding carboxylic acids is 2. The summed E-state index contributed by atoms with van der Waals surface area (Å²) in [5.74, 6) is -0.201. The zero-order valence-electron chi connectivity index (χ0n) is 14.3. The lowest BCUT2D eigenvalue weighted by Crippen LogP contribution is -2.24. The van der Waals surface area contributed by atoms with Crippen molar-refractivity contribution in [1.82, 2.24) is 10.3 Å². The molecule has 0 atom stereocenters. The topological polar surface area (TPSA) is 71.1 Å². The highest BCUT2D eigenvalue weighted by molar-refractivity contribution is 6.06. The van der Waals surface area contributed by atoms with Crippen LogP contribution in [0.25, 0.3) is 0 Å². The van der Waals surface area contributed by atoms with Gasteiger partial charge in [0.15, 0.2) is 0 Å². The largest absolute Gasteiger partial charge is 0.352 e. The average Bonchev–Trinajstić information content (AvgIpc) is 2.60. The lowest BCUT2D eigenvalue weighted by molar-refractivity contribution is 0.0953. The van der Waals surface area contributed by atoms with E-state index in [2.05, 4.69) is 29.5 Å². The van der Waals surface area contributed by atoms with Gasteiger partial charge in [-0.15, -0.1) is 0 Å². The smallest absolute Gasteiger partial charge is 0.257 e. The van der Waals surface area contributed by atoms with Gasteiger partial charge in [0.25, 0.3) is 11.8 Å². The van der Waals surface area contributed by atoms with Gasteiger partial charge in [0.1, 0.15) is 0 Å². The number of pyridine rings is 1. The Morgan fingerprint density at radius 1 is 1.08 bits per heavy atom. The van der Waals surface area contributed by atoms with Crippen LogP contribution in [0.1, 0.15) is 59.4 Å². The van der Waals surface area contributed by atoms with Crippen molar-refractivity contribution < 1.29 is 9.59 Å². The maximum atomic E-state index is 12.5. The predicted octanol–water partition coefficient (Wildman–Crippen LogP) is 3.60. The van der Waals surface area contributed by atoms with Crippen molar-refractivity contribution in [3.8, 4) is 0 Å². The molecule has 5 heteroatoms. The minimum absolute atomic E-state index is 0.221. The Hall–Kier alpha value is -2.69. The lowest BCUT2D eigenvalue weighted by atomic mass is 10.0. The number of nitrogens with one attached hydrogen (secondary N) is 2. The molecular formula is C19H23N3O2. The zero-order chi connectivity index (χ0) is 17.5. The highest BCUT2D eigenvalue weighted by Gasteiger charge is 2.13. The number of aromatic nitrogens is 1. The zero-order valence-corrected chi connectivity index (χ0v) is 14.3. The van der Waals surface area contributed by atoms with Gasteiger partial charge < -0.3 is 10.6 Å². The van der Waals surface area contributed by atoms with Crippen LogP contribution in [-0.4, -0.2) is 23.3 Å². The van der Waals surface area contributed by atoms with E-state index in [-0.39, 0.29) is 11.8 Å². The van der Waals surface area contributed by atoms with Gasteiger partial charge in [-0.25, -0.2) is 0 Å². The van der Waals surface area contributed by atoms with E-state index in [4.69, 9.17) is 0 Å². The van der Waals surface area contributed by atoms with Gasteiger partial charge >= 0.3 is 0 Å². The van der Waals surface area contributed by atoms with E-state index >= 15 is 0 Å². The second-order valence-corrected chi connectivity index (χ2v) is 5.91. The maximum Gasteiger partial charge on any atom is 0.257 e. The van der Waals surface area contributed by atoms with Gasteiger partial charge in [0, 0.05) is 24.6 Å². The molecule has 0 spiro atoms. The summed E-state index contributed by atoms with van der Waals surface area (Å²) in [6.45, 7) is 6.72. The molecule has 0 saturated heterocycles. The number of anilines is 1. The van der Waals surface area contributed by atoms with Crippen molar-refractivity contribution >= 4 is 17.5 Å². The molecule has 24 heavy (non-hydrogen) atoms. The molecule has 1 aromatic heterocycles. The summed E-state index contributed by atoms with van der Waals surface area (Å²) in [6.07, 6.45) is 3.78. The Bertz CT molecular complexity index is 726. The molecule has 0 aliphatic heterocycles. The fourth-order valence-corrected chi connectivity index (χ4v) is 2.34. The monoisotopic (exact) mass is 325 g/mol. The molecule has 0 bridgehead atoms. The summed E-state index contributed by atoms with van der Waals surface area (Å²) >= 11 is 0. The number of carbonyl (C=O) groups is 2. The number of para-hydroxylation sites is 1. The number of benzene rings is 1. The van der Waals surface area contributed by atoms with E-state index in [1.807, 2.05) is 31.2 Å². The second-order valence-electron chi connectivity index (χ2n) is 5.91. The summed E-state index contributed by atoms with van der Waals surface area (Å²) < 4.78 is 0. The Kier molecular flexibility index (Phi) is 6.07. The molecule has 1 aromatic carbocycles. The fraction of sp³-hybridized carbons (Fsp3) is 0.316. The molecule has 0 radical (unpaired) electrons. The first kappa shape index (κ1) is 17.7. The van der Waals surface area contributed by atoms with E-state index < -0.39 is 0 Å². The summed E-state index contributed by atoms with van der Waals surface area (Å²) in [6, 6.07) is 9.26. The molecule has 0 fully saturated rings. The van der Waals surface area contributed by atoms with Crippen molar-refractivity contribution in [2.75, 3.05) is 11.9 Å². The first-order valence-corrected chi connectivity index (χ1v) is 8.16. The van der Waals surface area contributed by atoms with Crippen molar-refractivity contribution in [2.45, 2.75) is 33.1 Å². The SMILES string of the molecule is CCCNC(=O)c1cncc(C(=O)Nc2ccccc2C(C)C)c1. The van der Waals surface area contributed by atoms with Gasteiger partial charge in [-0.05, 0) is 30.0 Å². The molecule has 1 heterocycles. The Morgan fingerprint density at radius 2 is 1.75 bits per heavy atom. The van der Waals surface area contributed by atoms with Crippen LogP contribution in [-0.2, 0) is 0 Å². The quantitative estimate of drug-likeness (QED) is 0.852. The molecule has 126 valence electrons. The van der Waals surface area contributed by atoms with E-state index in [1.165, 1.54) is 12.4 Å². The van der Waals surface area contributed by atoms with Crippen LogP contribution in [0.4, 0.5) is 5.69 Å². The standard InChI is InChI=1S/C19H23N3O2/c1-4-9-21-18(23)14-10-15(12-20-11-14)19(24)22-17-8-6-5-7-16(17)13(2)3/h5-8,10-13H,4,9H2,1-3H3,(H,21,23)(H,22,24). The summed E-state index contributed by atoms with van der Waals surface area (Å²) in [5.41, 5.74) is 2.58. The van der Waals surface area contributed by atoms with Crippen LogP contribution in [0.5, 0.6) is 0 Å². The van der Waals surface area contributed by atoms with Gasteiger partial charge in [0.2, 0.25) is 0 Å². The summed E-state index contributed by atoms with van der Waals surface area (Å²) in [5, 5.41) is 5.68. The molecule has 5 nitrogen and oxygen atoms in total. The minimum atomic E-state index is -0.277. The number of nitrogens with zero attached hydrogens (tertiary/aromatic N) is 1. The third kappa shape index (κ3) is 4.41. The molecule has 2 aromatic rings. The third-order valence-electron chi connectivity index (χ3n) is 3.63. The van der Waals surface area contributed by atoms with Crippen molar-refractivity contribution in [3.05, 3.63) is 59.4 Å². The molecule has 0 saturated carbocycles. The van der Waals surface area contributed by atoms with Gasteiger partial charge in [-0.1, -0.05) is 39.0 Å². The first-order valence-electron chi connectivity index (χ1n) is 8.16. The molecular weight excluding hydrogens is 302 g/mol. The Morgan fingerprint density at radius 3 is 2.42 bits per heavy atom. The van der Waals surface area contributed by atoms with Crippen LogP contribution in [0.2, 0.25) is 0 Å². The third-order valence-corrected chi connectivity index (χ3v) is 3.63. The summed E-state index contributed by atoms with van der Waals surface area (Å²) in [7, 11) is 0. The Labute approximate surface area is 142 Å². The van der Waals surface area contributed by atoms with E-state index in [1.54, 1.807) is 6.07 Å².